The van der Waals surface area contributed by atoms with E-state index in [-0.39, 0.29) is 5.75 Å². The molecule has 1 aromatic carbocycles. The van der Waals surface area contributed by atoms with E-state index in [9.17, 15) is 4.79 Å². The Morgan fingerprint density at radius 2 is 1.69 bits per heavy atom. The maximum Gasteiger partial charge on any atom is 0.394 e. The maximum atomic E-state index is 10.3. The zero-order valence-corrected chi connectivity index (χ0v) is 8.68. The van der Waals surface area contributed by atoms with Gasteiger partial charge in [0.25, 0.3) is 0 Å². The monoisotopic (exact) mass is 250 g/mol. The van der Waals surface area contributed by atoms with Gasteiger partial charge in [0.15, 0.2) is 0 Å². The van der Waals surface area contributed by atoms with Crippen LogP contribution in [0.3, 0.4) is 0 Å². The molecule has 0 aromatic heterocycles. The van der Waals surface area contributed by atoms with Crippen LogP contribution in [0.2, 0.25) is 0 Å². The van der Waals surface area contributed by atoms with Gasteiger partial charge in [-0.2, -0.15) is 8.42 Å². The Balaban J connectivity index is 0.000000385. The average Bonchev–Trinajstić information content (AvgIpc) is 2.05. The van der Waals surface area contributed by atoms with Crippen molar-refractivity contribution in [2.24, 2.45) is 5.73 Å². The SMILES string of the molecule is NC(=O)Nc1ccccc1O.O=S(=O)(O)O. The molecule has 0 aliphatic heterocycles. The van der Waals surface area contributed by atoms with E-state index in [0.29, 0.717) is 5.69 Å². The predicted octanol–water partition coefficient (Wildman–Crippen LogP) is 0.230. The van der Waals surface area contributed by atoms with Crippen LogP contribution in [-0.4, -0.2) is 28.7 Å². The van der Waals surface area contributed by atoms with Gasteiger partial charge in [0, 0.05) is 0 Å². The Morgan fingerprint density at radius 1 is 1.25 bits per heavy atom. The molecule has 2 amide bonds. The quantitative estimate of drug-likeness (QED) is 0.355. The Hall–Kier alpha value is -1.84. The van der Waals surface area contributed by atoms with Gasteiger partial charge in [-0.05, 0) is 12.1 Å². The first-order valence-electron chi connectivity index (χ1n) is 3.74. The molecule has 16 heavy (non-hydrogen) atoms. The Labute approximate surface area is 91.3 Å². The molecule has 0 saturated heterocycles. The topological polar surface area (TPSA) is 150 Å². The summed E-state index contributed by atoms with van der Waals surface area (Å²) in [6.07, 6.45) is 0. The molecule has 6 N–H and O–H groups in total. The fraction of sp³-hybridized carbons (Fsp3) is 0. The third kappa shape index (κ3) is 8.74. The number of urea groups is 1. The fourth-order valence-corrected chi connectivity index (χ4v) is 0.712. The van der Waals surface area contributed by atoms with Crippen molar-refractivity contribution in [2.45, 2.75) is 0 Å². The molecule has 1 rings (SSSR count). The highest BCUT2D eigenvalue weighted by molar-refractivity contribution is 7.79. The minimum atomic E-state index is -4.67. The Kier molecular flexibility index (Phi) is 5.22. The van der Waals surface area contributed by atoms with E-state index in [1.54, 1.807) is 18.2 Å². The highest BCUT2D eigenvalue weighted by Crippen LogP contribution is 2.20. The zero-order valence-electron chi connectivity index (χ0n) is 7.86. The van der Waals surface area contributed by atoms with Gasteiger partial charge in [0.1, 0.15) is 5.75 Å². The maximum absolute atomic E-state index is 10.3. The van der Waals surface area contributed by atoms with E-state index < -0.39 is 16.4 Å². The first-order valence-corrected chi connectivity index (χ1v) is 5.14. The van der Waals surface area contributed by atoms with E-state index in [4.69, 9.17) is 28.4 Å². The number of nitrogens with two attached hydrogens (primary N) is 1. The molecule has 9 heteroatoms. The standard InChI is InChI=1S/C7H8N2O2.H2O4S/c8-7(11)9-5-3-1-2-4-6(5)10;1-5(2,3)4/h1-4,10H,(H3,8,9,11);(H2,1,2,3,4). The summed E-state index contributed by atoms with van der Waals surface area (Å²) in [7, 11) is -4.67. The van der Waals surface area contributed by atoms with Crippen LogP contribution in [0.1, 0.15) is 0 Å². The number of phenolic OH excluding ortho intramolecular Hbond substituents is 1. The predicted molar refractivity (Wildman–Crippen MR) is 55.5 cm³/mol. The Bertz CT molecular complexity index is 450. The number of anilines is 1. The van der Waals surface area contributed by atoms with Gasteiger partial charge in [0.05, 0.1) is 5.69 Å². The summed E-state index contributed by atoms with van der Waals surface area (Å²) in [6, 6.07) is 5.67. The molecule has 0 heterocycles. The normalized spacial score (nSPS) is 9.88. The van der Waals surface area contributed by atoms with E-state index in [1.165, 1.54) is 6.07 Å². The van der Waals surface area contributed by atoms with E-state index in [0.717, 1.165) is 0 Å². The van der Waals surface area contributed by atoms with Crippen molar-refractivity contribution in [3.05, 3.63) is 24.3 Å². The van der Waals surface area contributed by atoms with Gasteiger partial charge in [-0.1, -0.05) is 12.1 Å². The molecule has 0 aliphatic carbocycles. The number of hydrogen-bond acceptors (Lipinski definition) is 4. The van der Waals surface area contributed by atoms with Crippen molar-refractivity contribution >= 4 is 22.1 Å². The van der Waals surface area contributed by atoms with E-state index in [2.05, 4.69) is 5.32 Å². The van der Waals surface area contributed by atoms with Gasteiger partial charge < -0.3 is 16.2 Å². The molecule has 0 unspecified atom stereocenters. The van der Waals surface area contributed by atoms with Crippen LogP contribution in [0.4, 0.5) is 10.5 Å². The number of aromatic hydroxyl groups is 1. The van der Waals surface area contributed by atoms with Crippen molar-refractivity contribution in [3.63, 3.8) is 0 Å². The van der Waals surface area contributed by atoms with Crippen molar-refractivity contribution in [2.75, 3.05) is 5.32 Å². The van der Waals surface area contributed by atoms with Crippen LogP contribution >= 0.6 is 0 Å². The molecule has 0 saturated carbocycles. The molecule has 8 nitrogen and oxygen atoms in total. The van der Waals surface area contributed by atoms with Crippen LogP contribution < -0.4 is 11.1 Å². The van der Waals surface area contributed by atoms with E-state index >= 15 is 0 Å². The van der Waals surface area contributed by atoms with Crippen molar-refractivity contribution in [1.82, 2.24) is 0 Å². The van der Waals surface area contributed by atoms with Crippen molar-refractivity contribution in [1.29, 1.82) is 0 Å². The Morgan fingerprint density at radius 3 is 2.06 bits per heavy atom. The number of hydrogen-bond donors (Lipinski definition) is 5. The number of amides is 2. The minimum absolute atomic E-state index is 0.00583. The van der Waals surface area contributed by atoms with Gasteiger partial charge >= 0.3 is 16.4 Å². The van der Waals surface area contributed by atoms with Gasteiger partial charge in [-0.3, -0.25) is 9.11 Å². The summed E-state index contributed by atoms with van der Waals surface area (Å²) in [5.74, 6) is 0.00583. The second-order valence-corrected chi connectivity index (χ2v) is 3.35. The summed E-state index contributed by atoms with van der Waals surface area (Å²) in [5, 5.41) is 11.4. The fourth-order valence-electron chi connectivity index (χ4n) is 0.712. The number of para-hydroxylation sites is 2. The minimum Gasteiger partial charge on any atom is -0.506 e. The van der Waals surface area contributed by atoms with Crippen molar-refractivity contribution < 1.29 is 27.4 Å². The largest absolute Gasteiger partial charge is 0.506 e. The summed E-state index contributed by atoms with van der Waals surface area (Å²) in [5.41, 5.74) is 5.15. The lowest BCUT2D eigenvalue weighted by Gasteiger charge is -2.02. The molecular formula is C7H10N2O6S. The van der Waals surface area contributed by atoms with Crippen LogP contribution in [0.5, 0.6) is 5.75 Å². The van der Waals surface area contributed by atoms with Gasteiger partial charge in [-0.25, -0.2) is 4.79 Å². The smallest absolute Gasteiger partial charge is 0.394 e. The van der Waals surface area contributed by atoms with E-state index in [1.807, 2.05) is 0 Å². The summed E-state index contributed by atoms with van der Waals surface area (Å²) in [4.78, 5) is 10.3. The zero-order chi connectivity index (χ0) is 12.8. The number of carbonyl (C=O) groups is 1. The first kappa shape index (κ1) is 14.2. The number of carbonyl (C=O) groups excluding carboxylic acids is 1. The summed E-state index contributed by atoms with van der Waals surface area (Å²) in [6.45, 7) is 0. The van der Waals surface area contributed by atoms with Crippen LogP contribution in [-0.2, 0) is 10.4 Å². The van der Waals surface area contributed by atoms with Crippen LogP contribution in [0.15, 0.2) is 24.3 Å². The lowest BCUT2D eigenvalue weighted by molar-refractivity contribution is 0.259. The molecule has 0 fully saturated rings. The molecule has 0 atom stereocenters. The van der Waals surface area contributed by atoms with Crippen molar-refractivity contribution in [3.8, 4) is 5.75 Å². The number of benzene rings is 1. The van der Waals surface area contributed by atoms with Gasteiger partial charge in [0.2, 0.25) is 0 Å². The van der Waals surface area contributed by atoms with Crippen LogP contribution in [0, 0.1) is 0 Å². The summed E-state index contributed by atoms with van der Waals surface area (Å²) < 4.78 is 31.6. The molecule has 0 spiro atoms. The highest BCUT2D eigenvalue weighted by Gasteiger charge is 1.99. The average molecular weight is 250 g/mol. The third-order valence-corrected chi connectivity index (χ3v) is 1.16. The molecular weight excluding hydrogens is 240 g/mol. The summed E-state index contributed by atoms with van der Waals surface area (Å²) >= 11 is 0. The highest BCUT2D eigenvalue weighted by atomic mass is 32.3. The number of phenols is 1. The second kappa shape index (κ2) is 5.90. The lowest BCUT2D eigenvalue weighted by Crippen LogP contribution is -2.19. The number of primary amides is 1. The molecule has 90 valence electrons. The first-order chi connectivity index (χ1) is 7.20. The lowest BCUT2D eigenvalue weighted by atomic mass is 10.3. The third-order valence-electron chi connectivity index (χ3n) is 1.16. The number of rotatable bonds is 1. The molecule has 0 radical (unpaired) electrons. The second-order valence-electron chi connectivity index (χ2n) is 2.45. The van der Waals surface area contributed by atoms with Gasteiger partial charge in [-0.15, -0.1) is 0 Å². The molecule has 0 bridgehead atoms. The molecule has 0 aliphatic rings. The van der Waals surface area contributed by atoms with Crippen LogP contribution in [0.25, 0.3) is 0 Å². The number of nitrogens with one attached hydrogen (secondary N) is 1. The molecule has 1 aromatic rings.